The van der Waals surface area contributed by atoms with Crippen LogP contribution in [0.1, 0.15) is 99.4 Å². The summed E-state index contributed by atoms with van der Waals surface area (Å²) >= 11 is 0. The number of nitrogens with one attached hydrogen (secondary N) is 3. The van der Waals surface area contributed by atoms with Crippen molar-refractivity contribution in [3.63, 3.8) is 0 Å². The van der Waals surface area contributed by atoms with Crippen molar-refractivity contribution in [2.45, 2.75) is 104 Å². The highest BCUT2D eigenvalue weighted by atomic mass is 16.5. The van der Waals surface area contributed by atoms with Crippen LogP contribution in [-0.4, -0.2) is 79.9 Å². The van der Waals surface area contributed by atoms with E-state index in [1.165, 1.54) is 29.4 Å². The molecule has 1 aromatic carbocycles. The maximum Gasteiger partial charge on any atom is 0.407 e. The number of fused-ring (bicyclic) bond motifs is 2. The van der Waals surface area contributed by atoms with Gasteiger partial charge in [0.15, 0.2) is 0 Å². The Bertz CT molecular complexity index is 1710. The van der Waals surface area contributed by atoms with Crippen LogP contribution >= 0.6 is 0 Å². The number of alkyl carbamates (subject to hydrolysis) is 1. The quantitative estimate of drug-likeness (QED) is 0.261. The number of hydrogen-bond acceptors (Lipinski definition) is 9. The first-order valence-electron chi connectivity index (χ1n) is 18.0. The van der Waals surface area contributed by atoms with E-state index in [0.717, 1.165) is 75.1 Å². The van der Waals surface area contributed by atoms with Gasteiger partial charge in [0.25, 0.3) is 0 Å². The SMILES string of the molecule is COC(=O)NC(C(=O)N1CCCC1c1ncc(N2Cc3cc4c(cc3C2)CN(c2cnc(C3CCCN3C(=O)C(N)C(C)C)[nH]2)C4)[nH]1)C(C)C. The van der Waals surface area contributed by atoms with Gasteiger partial charge in [0.2, 0.25) is 11.8 Å². The van der Waals surface area contributed by atoms with Crippen molar-refractivity contribution in [2.75, 3.05) is 30.0 Å². The first kappa shape index (κ1) is 33.9. The summed E-state index contributed by atoms with van der Waals surface area (Å²) in [6.07, 6.45) is 6.68. The van der Waals surface area contributed by atoms with Crippen molar-refractivity contribution in [3.05, 3.63) is 58.4 Å². The molecule has 4 atom stereocenters. The topological polar surface area (TPSA) is 169 Å². The Hall–Kier alpha value is -4.59. The zero-order valence-corrected chi connectivity index (χ0v) is 29.7. The lowest BCUT2D eigenvalue weighted by Crippen LogP contribution is -2.51. The second-order valence-electron chi connectivity index (χ2n) is 14.9. The molecule has 14 nitrogen and oxygen atoms in total. The summed E-state index contributed by atoms with van der Waals surface area (Å²) in [6, 6.07) is 3.27. The van der Waals surface area contributed by atoms with Gasteiger partial charge in [0, 0.05) is 39.3 Å². The third kappa shape index (κ3) is 6.29. The van der Waals surface area contributed by atoms with Gasteiger partial charge in [-0.05, 0) is 59.8 Å². The molecular formula is C36H50N10O4. The van der Waals surface area contributed by atoms with Gasteiger partial charge in [-0.15, -0.1) is 0 Å². The van der Waals surface area contributed by atoms with Crippen molar-refractivity contribution >= 4 is 29.5 Å². The molecule has 0 bridgehead atoms. The number of likely N-dealkylation sites (tertiary alicyclic amines) is 2. The van der Waals surface area contributed by atoms with E-state index in [1.807, 2.05) is 49.9 Å². The third-order valence-electron chi connectivity index (χ3n) is 10.9. The molecule has 6 heterocycles. The molecule has 5 N–H and O–H groups in total. The molecule has 0 aliphatic carbocycles. The van der Waals surface area contributed by atoms with Gasteiger partial charge < -0.3 is 45.4 Å². The van der Waals surface area contributed by atoms with E-state index in [-0.39, 0.29) is 35.7 Å². The van der Waals surface area contributed by atoms with E-state index in [9.17, 15) is 14.4 Å². The average molecular weight is 687 g/mol. The Morgan fingerprint density at radius 3 is 1.66 bits per heavy atom. The van der Waals surface area contributed by atoms with E-state index in [1.54, 1.807) is 0 Å². The number of methoxy groups -OCH3 is 1. The number of rotatable bonds is 9. The van der Waals surface area contributed by atoms with Crippen molar-refractivity contribution in [3.8, 4) is 0 Å². The van der Waals surface area contributed by atoms with Gasteiger partial charge >= 0.3 is 6.09 Å². The first-order valence-corrected chi connectivity index (χ1v) is 18.0. The number of carbonyl (C=O) groups is 3. The minimum absolute atomic E-state index is 0.00402. The zero-order valence-electron chi connectivity index (χ0n) is 29.7. The van der Waals surface area contributed by atoms with E-state index >= 15 is 0 Å². The second-order valence-corrected chi connectivity index (χ2v) is 14.9. The largest absolute Gasteiger partial charge is 0.453 e. The average Bonchev–Trinajstić information content (AvgIpc) is 3.94. The number of aromatic nitrogens is 4. The molecule has 2 aromatic heterocycles. The zero-order chi connectivity index (χ0) is 35.3. The maximum atomic E-state index is 13.6. The van der Waals surface area contributed by atoms with Gasteiger partial charge in [0.1, 0.15) is 29.3 Å². The fraction of sp³-hybridized carbons (Fsp3) is 0.583. The number of ether oxygens (including phenoxy) is 1. The summed E-state index contributed by atoms with van der Waals surface area (Å²) in [4.78, 5) is 63.5. The van der Waals surface area contributed by atoms with Crippen molar-refractivity contribution in [2.24, 2.45) is 17.6 Å². The van der Waals surface area contributed by atoms with Gasteiger partial charge in [-0.3, -0.25) is 9.59 Å². The normalized spacial score (nSPS) is 21.3. The fourth-order valence-electron chi connectivity index (χ4n) is 7.95. The van der Waals surface area contributed by atoms with Crippen LogP contribution in [0.25, 0.3) is 0 Å². The number of imidazole rings is 2. The summed E-state index contributed by atoms with van der Waals surface area (Å²) in [5, 5.41) is 2.71. The highest BCUT2D eigenvalue weighted by molar-refractivity contribution is 5.86. The monoisotopic (exact) mass is 686 g/mol. The fourth-order valence-corrected chi connectivity index (χ4v) is 7.95. The minimum atomic E-state index is -0.666. The molecule has 0 radical (unpaired) electrons. The van der Waals surface area contributed by atoms with Crippen LogP contribution in [0.2, 0.25) is 0 Å². The molecule has 7 rings (SSSR count). The molecule has 4 unspecified atom stereocenters. The predicted molar refractivity (Wildman–Crippen MR) is 188 cm³/mol. The van der Waals surface area contributed by atoms with Crippen molar-refractivity contribution in [1.29, 1.82) is 0 Å². The number of anilines is 2. The lowest BCUT2D eigenvalue weighted by Gasteiger charge is -2.30. The molecule has 268 valence electrons. The number of carbonyl (C=O) groups excluding carboxylic acids is 3. The Morgan fingerprint density at radius 2 is 1.24 bits per heavy atom. The summed E-state index contributed by atoms with van der Waals surface area (Å²) in [6.45, 7) is 12.3. The van der Waals surface area contributed by atoms with Gasteiger partial charge in [0.05, 0.1) is 37.6 Å². The number of aromatic amines is 2. The van der Waals surface area contributed by atoms with Crippen LogP contribution < -0.4 is 20.9 Å². The highest BCUT2D eigenvalue weighted by Gasteiger charge is 2.39. The molecular weight excluding hydrogens is 636 g/mol. The van der Waals surface area contributed by atoms with Gasteiger partial charge in [-0.1, -0.05) is 39.8 Å². The molecule has 4 aliphatic heterocycles. The molecule has 3 amide bonds. The Morgan fingerprint density at radius 1 is 0.780 bits per heavy atom. The first-order chi connectivity index (χ1) is 24.0. The number of nitrogens with two attached hydrogens (primary N) is 1. The summed E-state index contributed by atoms with van der Waals surface area (Å²) in [5.41, 5.74) is 11.5. The van der Waals surface area contributed by atoms with Crippen LogP contribution in [-0.2, 0) is 40.5 Å². The minimum Gasteiger partial charge on any atom is -0.453 e. The Balaban J connectivity index is 0.992. The van der Waals surface area contributed by atoms with E-state index in [0.29, 0.717) is 13.1 Å². The summed E-state index contributed by atoms with van der Waals surface area (Å²) < 4.78 is 4.77. The molecule has 4 aliphatic rings. The number of amides is 3. The van der Waals surface area contributed by atoms with E-state index in [4.69, 9.17) is 20.4 Å². The standard InChI is InChI=1S/C36H50N10O4/c1-20(2)30(37)34(47)45-10-6-8-26(45)32-38-14-28(40-32)43-16-22-12-24-18-44(19-25(24)13-23(22)17-43)29-15-39-33(41-29)27-9-7-11-46(27)35(48)31(21(3)4)42-36(49)50-5/h12-15,20-21,26-27,30-31H,6-11,16-19,37H2,1-5H3,(H,38,40)(H,39,41)(H,42,49). The predicted octanol–water partition coefficient (Wildman–Crippen LogP) is 3.86. The molecule has 2 fully saturated rings. The van der Waals surface area contributed by atoms with Crippen LogP contribution in [0.3, 0.4) is 0 Å². The second kappa shape index (κ2) is 13.6. The molecule has 14 heteroatoms. The lowest BCUT2D eigenvalue weighted by atomic mass is 10.0. The number of nitrogens with zero attached hydrogens (tertiary/aromatic N) is 6. The van der Waals surface area contributed by atoms with Gasteiger partial charge in [-0.2, -0.15) is 0 Å². The molecule has 0 saturated carbocycles. The Labute approximate surface area is 293 Å². The van der Waals surface area contributed by atoms with Crippen LogP contribution in [0, 0.1) is 11.8 Å². The highest BCUT2D eigenvalue weighted by Crippen LogP contribution is 2.38. The van der Waals surface area contributed by atoms with Crippen LogP contribution in [0.5, 0.6) is 0 Å². The van der Waals surface area contributed by atoms with Crippen LogP contribution in [0.4, 0.5) is 16.4 Å². The van der Waals surface area contributed by atoms with Gasteiger partial charge in [-0.25, -0.2) is 14.8 Å². The summed E-state index contributed by atoms with van der Waals surface area (Å²) in [5.74, 6) is 3.40. The number of hydrogen-bond donors (Lipinski definition) is 4. The smallest absolute Gasteiger partial charge is 0.407 e. The molecule has 2 saturated heterocycles. The third-order valence-corrected chi connectivity index (χ3v) is 10.9. The number of H-pyrrole nitrogens is 2. The Kier molecular flexibility index (Phi) is 9.22. The van der Waals surface area contributed by atoms with Crippen LogP contribution in [0.15, 0.2) is 24.5 Å². The summed E-state index contributed by atoms with van der Waals surface area (Å²) in [7, 11) is 1.30. The molecule has 50 heavy (non-hydrogen) atoms. The molecule has 3 aromatic rings. The maximum absolute atomic E-state index is 13.6. The van der Waals surface area contributed by atoms with Crippen molar-refractivity contribution < 1.29 is 19.1 Å². The number of benzene rings is 1. The lowest BCUT2D eigenvalue weighted by molar-refractivity contribution is -0.136. The van der Waals surface area contributed by atoms with E-state index in [2.05, 4.69) is 37.2 Å². The van der Waals surface area contributed by atoms with Crippen molar-refractivity contribution in [1.82, 2.24) is 35.1 Å². The molecule has 0 spiro atoms. The van der Waals surface area contributed by atoms with E-state index < -0.39 is 18.2 Å².